The van der Waals surface area contributed by atoms with E-state index in [1.165, 1.54) is 11.1 Å². The van der Waals surface area contributed by atoms with E-state index in [2.05, 4.69) is 40.7 Å². The third kappa shape index (κ3) is 10.5. The van der Waals surface area contributed by atoms with Gasteiger partial charge in [0.25, 0.3) is 0 Å². The van der Waals surface area contributed by atoms with E-state index in [1.54, 1.807) is 6.08 Å². The molecule has 0 aromatic carbocycles. The molecule has 0 saturated carbocycles. The Morgan fingerprint density at radius 1 is 1.27 bits per heavy atom. The molecule has 126 valence electrons. The second-order valence-electron chi connectivity index (χ2n) is 7.24. The van der Waals surface area contributed by atoms with E-state index in [0.29, 0.717) is 30.0 Å². The molecule has 0 bridgehead atoms. The fourth-order valence-corrected chi connectivity index (χ4v) is 2.55. The van der Waals surface area contributed by atoms with Gasteiger partial charge in [0, 0.05) is 12.8 Å². The van der Waals surface area contributed by atoms with Crippen molar-refractivity contribution in [3.05, 3.63) is 23.3 Å². The molecule has 0 saturated heterocycles. The SMILES string of the molecule is CC(C)=CCCC(C)CC=O.CC1=CC(=O)CC(C(C)C)C1. The smallest absolute Gasteiger partial charge is 0.155 e. The summed E-state index contributed by atoms with van der Waals surface area (Å²) in [5, 5.41) is 0. The summed E-state index contributed by atoms with van der Waals surface area (Å²) >= 11 is 0. The van der Waals surface area contributed by atoms with Crippen molar-refractivity contribution < 1.29 is 9.59 Å². The number of hydrogen-bond donors (Lipinski definition) is 0. The van der Waals surface area contributed by atoms with Crippen LogP contribution in [0, 0.1) is 17.8 Å². The molecular formula is C20H34O2. The van der Waals surface area contributed by atoms with Crippen LogP contribution in [0.3, 0.4) is 0 Å². The van der Waals surface area contributed by atoms with Crippen molar-refractivity contribution >= 4 is 12.1 Å². The first-order valence-electron chi connectivity index (χ1n) is 8.53. The maximum Gasteiger partial charge on any atom is 0.155 e. The summed E-state index contributed by atoms with van der Waals surface area (Å²) in [6, 6.07) is 0. The van der Waals surface area contributed by atoms with Gasteiger partial charge in [-0.25, -0.2) is 0 Å². The van der Waals surface area contributed by atoms with E-state index in [0.717, 1.165) is 32.0 Å². The molecule has 2 unspecified atom stereocenters. The van der Waals surface area contributed by atoms with Gasteiger partial charge in [0.15, 0.2) is 5.78 Å². The predicted octanol–water partition coefficient (Wildman–Crippen LogP) is 5.53. The van der Waals surface area contributed by atoms with Gasteiger partial charge < -0.3 is 4.79 Å². The Kier molecular flexibility index (Phi) is 10.8. The van der Waals surface area contributed by atoms with Crippen LogP contribution >= 0.6 is 0 Å². The molecule has 0 heterocycles. The largest absolute Gasteiger partial charge is 0.303 e. The average Bonchev–Trinajstić information content (AvgIpc) is 2.38. The highest BCUT2D eigenvalue weighted by Crippen LogP contribution is 2.27. The Bertz CT molecular complexity index is 398. The van der Waals surface area contributed by atoms with Crippen molar-refractivity contribution in [2.24, 2.45) is 17.8 Å². The minimum absolute atomic E-state index is 0.312. The first-order chi connectivity index (χ1) is 10.3. The van der Waals surface area contributed by atoms with Gasteiger partial charge in [-0.3, -0.25) is 4.79 Å². The first kappa shape index (κ1) is 20.8. The zero-order valence-corrected chi connectivity index (χ0v) is 15.3. The summed E-state index contributed by atoms with van der Waals surface area (Å²) in [5.74, 6) is 2.09. The van der Waals surface area contributed by atoms with Gasteiger partial charge in [-0.2, -0.15) is 0 Å². The summed E-state index contributed by atoms with van der Waals surface area (Å²) in [4.78, 5) is 21.2. The third-order valence-electron chi connectivity index (χ3n) is 4.11. The molecule has 0 radical (unpaired) electrons. The predicted molar refractivity (Wildman–Crippen MR) is 94.8 cm³/mol. The fraction of sp³-hybridized carbons (Fsp3) is 0.700. The number of allylic oxidation sites excluding steroid dienone is 4. The Balaban J connectivity index is 0.000000401. The number of aldehydes is 1. The molecule has 0 fully saturated rings. The van der Waals surface area contributed by atoms with Crippen LogP contribution in [-0.4, -0.2) is 12.1 Å². The van der Waals surface area contributed by atoms with Gasteiger partial charge in [0.1, 0.15) is 6.29 Å². The second kappa shape index (κ2) is 11.4. The maximum absolute atomic E-state index is 11.1. The second-order valence-corrected chi connectivity index (χ2v) is 7.24. The summed E-state index contributed by atoms with van der Waals surface area (Å²) < 4.78 is 0. The van der Waals surface area contributed by atoms with Gasteiger partial charge in [0.2, 0.25) is 0 Å². The van der Waals surface area contributed by atoms with Crippen molar-refractivity contribution in [2.75, 3.05) is 0 Å². The van der Waals surface area contributed by atoms with Crippen LogP contribution in [0.25, 0.3) is 0 Å². The van der Waals surface area contributed by atoms with Gasteiger partial charge >= 0.3 is 0 Å². The Hall–Kier alpha value is -1.18. The molecule has 2 heteroatoms. The van der Waals surface area contributed by atoms with Gasteiger partial charge in [0.05, 0.1) is 0 Å². The lowest BCUT2D eigenvalue weighted by atomic mass is 9.81. The molecular weight excluding hydrogens is 272 g/mol. The van der Waals surface area contributed by atoms with Crippen LogP contribution in [0.5, 0.6) is 0 Å². The van der Waals surface area contributed by atoms with Gasteiger partial charge in [-0.05, 0) is 63.9 Å². The summed E-state index contributed by atoms with van der Waals surface area (Å²) in [6.45, 7) is 12.8. The van der Waals surface area contributed by atoms with E-state index in [9.17, 15) is 9.59 Å². The Morgan fingerprint density at radius 3 is 2.36 bits per heavy atom. The van der Waals surface area contributed by atoms with Crippen LogP contribution in [0.15, 0.2) is 23.3 Å². The molecule has 0 aromatic heterocycles. The number of carbonyl (C=O) groups is 2. The van der Waals surface area contributed by atoms with E-state index < -0.39 is 0 Å². The molecule has 22 heavy (non-hydrogen) atoms. The van der Waals surface area contributed by atoms with Crippen molar-refractivity contribution in [2.45, 2.75) is 73.6 Å². The van der Waals surface area contributed by atoms with E-state index in [1.807, 2.05) is 6.92 Å². The minimum Gasteiger partial charge on any atom is -0.303 e. The van der Waals surface area contributed by atoms with E-state index in [-0.39, 0.29) is 0 Å². The normalized spacial score (nSPS) is 19.0. The molecule has 2 nitrogen and oxygen atoms in total. The summed E-state index contributed by atoms with van der Waals surface area (Å²) in [7, 11) is 0. The van der Waals surface area contributed by atoms with Crippen LogP contribution in [0.4, 0.5) is 0 Å². The number of ketones is 1. The number of carbonyl (C=O) groups excluding carboxylic acids is 2. The molecule has 1 rings (SSSR count). The Morgan fingerprint density at radius 2 is 1.91 bits per heavy atom. The summed E-state index contributed by atoms with van der Waals surface area (Å²) in [5.41, 5.74) is 2.61. The number of rotatable bonds is 6. The molecule has 0 aliphatic heterocycles. The topological polar surface area (TPSA) is 34.1 Å². The summed E-state index contributed by atoms with van der Waals surface area (Å²) in [6.07, 6.45) is 9.84. The standard InChI is InChI=1S/C10H16O.C10H18O/c1-7(2)9-4-8(3)5-10(11)6-9;1-9(2)5-4-6-10(3)7-8-11/h5,7,9H,4,6H2,1-3H3;5,8,10H,4,6-7H2,1-3H3. The minimum atomic E-state index is 0.312. The van der Waals surface area contributed by atoms with E-state index in [4.69, 9.17) is 0 Å². The quantitative estimate of drug-likeness (QED) is 0.478. The zero-order valence-electron chi connectivity index (χ0n) is 15.3. The molecule has 0 aromatic rings. The highest BCUT2D eigenvalue weighted by molar-refractivity contribution is 5.91. The molecule has 1 aliphatic rings. The highest BCUT2D eigenvalue weighted by atomic mass is 16.1. The monoisotopic (exact) mass is 306 g/mol. The molecule has 0 amide bonds. The lowest BCUT2D eigenvalue weighted by Crippen LogP contribution is -2.17. The molecule has 2 atom stereocenters. The van der Waals surface area contributed by atoms with E-state index >= 15 is 0 Å². The van der Waals surface area contributed by atoms with Crippen LogP contribution in [0.2, 0.25) is 0 Å². The third-order valence-corrected chi connectivity index (χ3v) is 4.11. The highest BCUT2D eigenvalue weighted by Gasteiger charge is 2.20. The number of hydrogen-bond acceptors (Lipinski definition) is 2. The van der Waals surface area contributed by atoms with Crippen LogP contribution in [0.1, 0.15) is 73.6 Å². The molecule has 0 N–H and O–H groups in total. The van der Waals surface area contributed by atoms with Crippen LogP contribution < -0.4 is 0 Å². The first-order valence-corrected chi connectivity index (χ1v) is 8.53. The van der Waals surface area contributed by atoms with Crippen molar-refractivity contribution in [3.8, 4) is 0 Å². The average molecular weight is 306 g/mol. The van der Waals surface area contributed by atoms with Gasteiger partial charge in [-0.15, -0.1) is 0 Å². The fourth-order valence-electron chi connectivity index (χ4n) is 2.55. The lowest BCUT2D eigenvalue weighted by Gasteiger charge is -2.23. The van der Waals surface area contributed by atoms with Crippen molar-refractivity contribution in [1.29, 1.82) is 0 Å². The molecule has 0 spiro atoms. The van der Waals surface area contributed by atoms with Crippen molar-refractivity contribution in [3.63, 3.8) is 0 Å². The lowest BCUT2D eigenvalue weighted by molar-refractivity contribution is -0.116. The van der Waals surface area contributed by atoms with Crippen molar-refractivity contribution in [1.82, 2.24) is 0 Å². The zero-order chi connectivity index (χ0) is 17.1. The van der Waals surface area contributed by atoms with Gasteiger partial charge in [-0.1, -0.05) is 38.0 Å². The molecule has 1 aliphatic carbocycles. The maximum atomic E-state index is 11.1. The Labute approximate surface area is 137 Å². The van der Waals surface area contributed by atoms with Crippen LogP contribution in [-0.2, 0) is 9.59 Å².